The highest BCUT2D eigenvalue weighted by atomic mass is 16.6. The highest BCUT2D eigenvalue weighted by Crippen LogP contribution is 2.14. The number of nitrogens with one attached hydrogen (secondary N) is 1. The van der Waals surface area contributed by atoms with Gasteiger partial charge in [0.2, 0.25) is 5.91 Å². The Balaban J connectivity index is 1.76. The van der Waals surface area contributed by atoms with Gasteiger partial charge in [-0.2, -0.15) is 0 Å². The highest BCUT2D eigenvalue weighted by Gasteiger charge is 2.24. The summed E-state index contributed by atoms with van der Waals surface area (Å²) < 4.78 is 10.7. The van der Waals surface area contributed by atoms with Crippen LogP contribution in [0, 0.1) is 6.92 Å². The predicted molar refractivity (Wildman–Crippen MR) is 91.5 cm³/mol. The molecule has 6 heteroatoms. The second kappa shape index (κ2) is 7.55. The van der Waals surface area contributed by atoms with Crippen LogP contribution in [0.25, 0.3) is 6.08 Å². The van der Waals surface area contributed by atoms with Crippen LogP contribution < -0.4 is 5.32 Å². The maximum atomic E-state index is 12.2. The van der Waals surface area contributed by atoms with Crippen LogP contribution in [0.15, 0.2) is 22.6 Å². The average molecular weight is 334 g/mol. The third-order valence-corrected chi connectivity index (χ3v) is 3.68. The Morgan fingerprint density at radius 3 is 2.50 bits per heavy atom. The van der Waals surface area contributed by atoms with Gasteiger partial charge in [-0.25, -0.2) is 4.79 Å². The summed E-state index contributed by atoms with van der Waals surface area (Å²) in [4.78, 5) is 25.7. The minimum absolute atomic E-state index is 0.0419. The number of rotatable bonds is 3. The van der Waals surface area contributed by atoms with Crippen molar-refractivity contribution < 1.29 is 18.7 Å². The van der Waals surface area contributed by atoms with Gasteiger partial charge in [0.1, 0.15) is 17.1 Å². The molecule has 0 saturated carbocycles. The van der Waals surface area contributed by atoms with E-state index in [-0.39, 0.29) is 11.9 Å². The van der Waals surface area contributed by atoms with Gasteiger partial charge >= 0.3 is 6.09 Å². The average Bonchev–Trinajstić information content (AvgIpc) is 2.89. The molecule has 1 saturated heterocycles. The lowest BCUT2D eigenvalue weighted by molar-refractivity contribution is -0.127. The van der Waals surface area contributed by atoms with Crippen LogP contribution in [0.3, 0.4) is 0 Å². The molecule has 1 fully saturated rings. The van der Waals surface area contributed by atoms with Crippen LogP contribution in [-0.4, -0.2) is 41.6 Å². The van der Waals surface area contributed by atoms with Gasteiger partial charge in [-0.05, 0) is 58.7 Å². The number of amides is 2. The summed E-state index contributed by atoms with van der Waals surface area (Å²) >= 11 is 0. The SMILES string of the molecule is Cc1ccc(/C=C/C(=O)N2CCC(NC(=O)OC(C)(C)C)CC2)o1. The first-order chi connectivity index (χ1) is 11.2. The largest absolute Gasteiger partial charge is 0.462 e. The lowest BCUT2D eigenvalue weighted by Crippen LogP contribution is -2.47. The van der Waals surface area contributed by atoms with E-state index in [0.29, 0.717) is 18.8 Å². The van der Waals surface area contributed by atoms with Crippen LogP contribution in [0.2, 0.25) is 0 Å². The Bertz CT molecular complexity index is 605. The molecule has 1 aromatic rings. The highest BCUT2D eigenvalue weighted by molar-refractivity contribution is 5.91. The van der Waals surface area contributed by atoms with Crippen molar-refractivity contribution in [2.75, 3.05) is 13.1 Å². The number of furan rings is 1. The van der Waals surface area contributed by atoms with E-state index >= 15 is 0 Å². The van der Waals surface area contributed by atoms with E-state index in [2.05, 4.69) is 5.32 Å². The van der Waals surface area contributed by atoms with Gasteiger partial charge in [0.05, 0.1) is 0 Å². The number of ether oxygens (including phenoxy) is 1. The number of piperidine rings is 1. The van der Waals surface area contributed by atoms with Crippen molar-refractivity contribution in [1.29, 1.82) is 0 Å². The standard InChI is InChI=1S/C18H26N2O4/c1-13-5-6-15(23-13)7-8-16(21)20-11-9-14(10-12-20)19-17(22)24-18(2,3)4/h5-8,14H,9-12H2,1-4H3,(H,19,22)/b8-7+. The monoisotopic (exact) mass is 334 g/mol. The van der Waals surface area contributed by atoms with E-state index in [9.17, 15) is 9.59 Å². The fraction of sp³-hybridized carbons (Fsp3) is 0.556. The first kappa shape index (κ1) is 18.1. The van der Waals surface area contributed by atoms with E-state index in [1.54, 1.807) is 11.0 Å². The number of hydrogen-bond acceptors (Lipinski definition) is 4. The zero-order valence-electron chi connectivity index (χ0n) is 14.8. The molecule has 0 atom stereocenters. The number of carbonyl (C=O) groups is 2. The molecular weight excluding hydrogens is 308 g/mol. The normalized spacial score (nSPS) is 16.4. The lowest BCUT2D eigenvalue weighted by atomic mass is 10.1. The van der Waals surface area contributed by atoms with Crippen molar-refractivity contribution >= 4 is 18.1 Å². The molecule has 6 nitrogen and oxygen atoms in total. The summed E-state index contributed by atoms with van der Waals surface area (Å²) in [5.41, 5.74) is -0.504. The maximum Gasteiger partial charge on any atom is 0.407 e. The summed E-state index contributed by atoms with van der Waals surface area (Å²) in [5, 5.41) is 2.86. The van der Waals surface area contributed by atoms with Gasteiger partial charge in [0.25, 0.3) is 0 Å². The van der Waals surface area contributed by atoms with Gasteiger partial charge < -0.3 is 19.4 Å². The Labute approximate surface area is 142 Å². The van der Waals surface area contributed by atoms with Gasteiger partial charge in [0, 0.05) is 25.2 Å². The Morgan fingerprint density at radius 1 is 1.29 bits per heavy atom. The molecule has 0 bridgehead atoms. The molecule has 0 aromatic carbocycles. The van der Waals surface area contributed by atoms with Crippen LogP contribution in [0.5, 0.6) is 0 Å². The Morgan fingerprint density at radius 2 is 1.96 bits per heavy atom. The van der Waals surface area contributed by atoms with E-state index in [4.69, 9.17) is 9.15 Å². The maximum absolute atomic E-state index is 12.2. The first-order valence-electron chi connectivity index (χ1n) is 8.26. The fourth-order valence-electron chi connectivity index (χ4n) is 2.52. The minimum Gasteiger partial charge on any atom is -0.462 e. The summed E-state index contributed by atoms with van der Waals surface area (Å²) in [6, 6.07) is 3.73. The molecule has 1 aliphatic heterocycles. The Hall–Kier alpha value is -2.24. The molecule has 2 rings (SSSR count). The third-order valence-electron chi connectivity index (χ3n) is 3.68. The molecule has 1 aromatic heterocycles. The van der Waals surface area contributed by atoms with Gasteiger partial charge in [-0.15, -0.1) is 0 Å². The molecule has 2 amide bonds. The molecular formula is C18H26N2O4. The summed E-state index contributed by atoms with van der Waals surface area (Å²) in [5.74, 6) is 1.44. The number of carbonyl (C=O) groups excluding carboxylic acids is 2. The molecule has 0 radical (unpaired) electrons. The van der Waals surface area contributed by atoms with E-state index in [1.165, 1.54) is 6.08 Å². The topological polar surface area (TPSA) is 71.8 Å². The second-order valence-corrected chi connectivity index (χ2v) is 7.03. The van der Waals surface area contributed by atoms with Crippen molar-refractivity contribution in [1.82, 2.24) is 10.2 Å². The van der Waals surface area contributed by atoms with Crippen molar-refractivity contribution in [2.45, 2.75) is 52.2 Å². The second-order valence-electron chi connectivity index (χ2n) is 7.03. The molecule has 0 unspecified atom stereocenters. The minimum atomic E-state index is -0.504. The number of hydrogen-bond donors (Lipinski definition) is 1. The third kappa shape index (κ3) is 5.76. The van der Waals surface area contributed by atoms with Crippen LogP contribution >= 0.6 is 0 Å². The Kier molecular flexibility index (Phi) is 5.70. The van der Waals surface area contributed by atoms with E-state index in [1.807, 2.05) is 39.8 Å². The molecule has 1 aliphatic rings. The predicted octanol–water partition coefficient (Wildman–Crippen LogP) is 3.12. The van der Waals surface area contributed by atoms with Crippen molar-refractivity contribution in [3.8, 4) is 0 Å². The number of nitrogens with zero attached hydrogens (tertiary/aromatic N) is 1. The van der Waals surface area contributed by atoms with E-state index in [0.717, 1.165) is 18.6 Å². The summed E-state index contributed by atoms with van der Waals surface area (Å²) in [6.07, 6.45) is 4.25. The zero-order valence-corrected chi connectivity index (χ0v) is 14.8. The molecule has 0 spiro atoms. The summed E-state index contributed by atoms with van der Waals surface area (Å²) in [6.45, 7) is 8.59. The smallest absolute Gasteiger partial charge is 0.407 e. The molecule has 2 heterocycles. The van der Waals surface area contributed by atoms with E-state index < -0.39 is 11.7 Å². The molecule has 132 valence electrons. The number of alkyl carbamates (subject to hydrolysis) is 1. The van der Waals surface area contributed by atoms with Gasteiger partial charge in [0.15, 0.2) is 0 Å². The fourth-order valence-corrected chi connectivity index (χ4v) is 2.52. The van der Waals surface area contributed by atoms with Crippen molar-refractivity contribution in [3.63, 3.8) is 0 Å². The lowest BCUT2D eigenvalue weighted by Gasteiger charge is -2.32. The van der Waals surface area contributed by atoms with Crippen LogP contribution in [0.4, 0.5) is 4.79 Å². The van der Waals surface area contributed by atoms with Crippen molar-refractivity contribution in [2.24, 2.45) is 0 Å². The number of likely N-dealkylation sites (tertiary alicyclic amines) is 1. The number of aryl methyl sites for hydroxylation is 1. The molecule has 0 aliphatic carbocycles. The van der Waals surface area contributed by atoms with Crippen LogP contribution in [-0.2, 0) is 9.53 Å². The quantitative estimate of drug-likeness (QED) is 0.862. The summed E-state index contributed by atoms with van der Waals surface area (Å²) in [7, 11) is 0. The molecule has 1 N–H and O–H groups in total. The van der Waals surface area contributed by atoms with Gasteiger partial charge in [-0.1, -0.05) is 0 Å². The van der Waals surface area contributed by atoms with Crippen molar-refractivity contribution in [3.05, 3.63) is 29.7 Å². The van der Waals surface area contributed by atoms with Crippen LogP contribution in [0.1, 0.15) is 45.1 Å². The first-order valence-corrected chi connectivity index (χ1v) is 8.26. The molecule has 24 heavy (non-hydrogen) atoms. The van der Waals surface area contributed by atoms with Gasteiger partial charge in [-0.3, -0.25) is 4.79 Å². The zero-order chi connectivity index (χ0) is 17.7.